The SMILES string of the molecule is CN(C)C(=O)Oc1ccccc1OC[N+](C)(C)C.[Cl-]. The van der Waals surface area contributed by atoms with E-state index >= 15 is 0 Å². The first-order valence-electron chi connectivity index (χ1n) is 5.71. The molecule has 0 aliphatic rings. The summed E-state index contributed by atoms with van der Waals surface area (Å²) in [6.07, 6.45) is -0.420. The third kappa shape index (κ3) is 6.31. The minimum Gasteiger partial charge on any atom is -1.00 e. The smallest absolute Gasteiger partial charge is 0.414 e. The summed E-state index contributed by atoms with van der Waals surface area (Å²) < 4.78 is 11.5. The monoisotopic (exact) mass is 288 g/mol. The van der Waals surface area contributed by atoms with Gasteiger partial charge in [-0.15, -0.1) is 0 Å². The second-order valence-corrected chi connectivity index (χ2v) is 5.27. The molecule has 0 aliphatic heterocycles. The number of amides is 1. The molecule has 1 aromatic rings. The Bertz CT molecular complexity index is 417. The molecule has 5 nitrogen and oxygen atoms in total. The van der Waals surface area contributed by atoms with Crippen LogP contribution in [-0.4, -0.2) is 57.4 Å². The van der Waals surface area contributed by atoms with Crippen LogP contribution in [0.5, 0.6) is 11.5 Å². The molecule has 108 valence electrons. The van der Waals surface area contributed by atoms with Crippen LogP contribution < -0.4 is 21.9 Å². The van der Waals surface area contributed by atoms with Crippen LogP contribution in [0, 0.1) is 0 Å². The van der Waals surface area contributed by atoms with Gasteiger partial charge in [0, 0.05) is 14.1 Å². The second kappa shape index (κ2) is 7.21. The Balaban J connectivity index is 0.00000324. The molecule has 0 saturated carbocycles. The lowest BCUT2D eigenvalue weighted by Gasteiger charge is -2.24. The van der Waals surface area contributed by atoms with Crippen LogP contribution in [0.4, 0.5) is 4.79 Å². The Morgan fingerprint density at radius 1 is 1.16 bits per heavy atom. The van der Waals surface area contributed by atoms with E-state index in [1.165, 1.54) is 4.90 Å². The van der Waals surface area contributed by atoms with Gasteiger partial charge in [0.15, 0.2) is 11.5 Å². The van der Waals surface area contributed by atoms with Gasteiger partial charge in [-0.25, -0.2) is 4.79 Å². The van der Waals surface area contributed by atoms with Gasteiger partial charge in [0.1, 0.15) is 0 Å². The van der Waals surface area contributed by atoms with Crippen LogP contribution >= 0.6 is 0 Å². The van der Waals surface area contributed by atoms with E-state index in [2.05, 4.69) is 0 Å². The highest BCUT2D eigenvalue weighted by Gasteiger charge is 2.14. The topological polar surface area (TPSA) is 38.8 Å². The number of hydrogen-bond acceptors (Lipinski definition) is 3. The van der Waals surface area contributed by atoms with Crippen molar-refractivity contribution in [1.29, 1.82) is 0 Å². The maximum Gasteiger partial charge on any atom is 0.414 e. The standard InChI is InChI=1S/C13H21N2O3.ClH/c1-14(2)13(16)18-12-9-7-6-8-11(12)17-10-15(3,4)5;/h6-9H,10H2,1-5H3;1H/q+1;/p-1. The summed E-state index contributed by atoms with van der Waals surface area (Å²) in [5.41, 5.74) is 0. The zero-order valence-electron chi connectivity index (χ0n) is 12.0. The van der Waals surface area contributed by atoms with Gasteiger partial charge < -0.3 is 26.8 Å². The summed E-state index contributed by atoms with van der Waals surface area (Å²) in [5.74, 6) is 1.01. The Labute approximate surface area is 120 Å². The quantitative estimate of drug-likeness (QED) is 0.516. The molecular weight excluding hydrogens is 268 g/mol. The van der Waals surface area contributed by atoms with Gasteiger partial charge in [0.25, 0.3) is 0 Å². The molecule has 0 fully saturated rings. The summed E-state index contributed by atoms with van der Waals surface area (Å²) >= 11 is 0. The Morgan fingerprint density at radius 2 is 1.68 bits per heavy atom. The molecule has 0 aliphatic carbocycles. The van der Waals surface area contributed by atoms with Crippen molar-refractivity contribution in [3.05, 3.63) is 24.3 Å². The molecule has 0 spiro atoms. The summed E-state index contributed by atoms with van der Waals surface area (Å²) in [6.45, 7) is 0.497. The van der Waals surface area contributed by atoms with Crippen LogP contribution in [0.25, 0.3) is 0 Å². The second-order valence-electron chi connectivity index (χ2n) is 5.27. The fourth-order valence-corrected chi connectivity index (χ4v) is 1.10. The number of quaternary nitrogens is 1. The first kappa shape index (κ1) is 17.5. The van der Waals surface area contributed by atoms with Crippen molar-refractivity contribution in [3.63, 3.8) is 0 Å². The lowest BCUT2D eigenvalue weighted by atomic mass is 10.3. The number of hydrogen-bond donors (Lipinski definition) is 0. The minimum absolute atomic E-state index is 0. The van der Waals surface area contributed by atoms with E-state index in [4.69, 9.17) is 9.47 Å². The molecule has 0 heterocycles. The number of carbonyl (C=O) groups excluding carboxylic acids is 1. The number of ether oxygens (including phenoxy) is 2. The fourth-order valence-electron chi connectivity index (χ4n) is 1.10. The molecule has 19 heavy (non-hydrogen) atoms. The van der Waals surface area contributed by atoms with Crippen molar-refractivity contribution >= 4 is 6.09 Å². The molecule has 0 unspecified atom stereocenters. The van der Waals surface area contributed by atoms with Gasteiger partial charge in [-0.3, -0.25) is 4.48 Å². The van der Waals surface area contributed by atoms with Crippen LogP contribution in [0.1, 0.15) is 0 Å². The number of rotatable bonds is 4. The number of benzene rings is 1. The van der Waals surface area contributed by atoms with E-state index in [0.717, 1.165) is 0 Å². The van der Waals surface area contributed by atoms with E-state index in [1.54, 1.807) is 32.3 Å². The van der Waals surface area contributed by atoms with Crippen LogP contribution in [-0.2, 0) is 0 Å². The molecule has 1 rings (SSSR count). The van der Waals surface area contributed by atoms with Crippen LogP contribution in [0.2, 0.25) is 0 Å². The maximum absolute atomic E-state index is 11.5. The average molecular weight is 289 g/mol. The van der Waals surface area contributed by atoms with Crippen molar-refractivity contribution in [1.82, 2.24) is 4.90 Å². The Kier molecular flexibility index (Phi) is 6.65. The summed E-state index contributed by atoms with van der Waals surface area (Å²) in [6, 6.07) is 7.15. The third-order valence-corrected chi connectivity index (χ3v) is 2.02. The number of nitrogens with zero attached hydrogens (tertiary/aromatic N) is 2. The first-order chi connectivity index (χ1) is 8.29. The number of carbonyl (C=O) groups is 1. The predicted octanol–water partition coefficient (Wildman–Crippen LogP) is -1.21. The molecule has 1 amide bonds. The molecule has 0 saturated heterocycles. The normalized spacial score (nSPS) is 10.4. The Morgan fingerprint density at radius 3 is 2.16 bits per heavy atom. The lowest BCUT2D eigenvalue weighted by Crippen LogP contribution is -3.00. The van der Waals surface area contributed by atoms with Gasteiger partial charge >= 0.3 is 6.09 Å². The van der Waals surface area contributed by atoms with Crippen LogP contribution in [0.3, 0.4) is 0 Å². The van der Waals surface area contributed by atoms with Crippen molar-refractivity contribution in [2.45, 2.75) is 0 Å². The molecule has 0 bridgehead atoms. The van der Waals surface area contributed by atoms with E-state index in [0.29, 0.717) is 22.7 Å². The molecule has 6 heteroatoms. The highest BCUT2D eigenvalue weighted by atomic mass is 35.5. The third-order valence-electron chi connectivity index (χ3n) is 2.02. The van der Waals surface area contributed by atoms with Crippen molar-refractivity contribution < 1.29 is 31.2 Å². The predicted molar refractivity (Wildman–Crippen MR) is 69.7 cm³/mol. The van der Waals surface area contributed by atoms with E-state index in [1.807, 2.05) is 27.2 Å². The average Bonchev–Trinajstić information content (AvgIpc) is 2.26. The zero-order chi connectivity index (χ0) is 13.8. The molecular formula is C13H21ClN2O3. The first-order valence-corrected chi connectivity index (χ1v) is 5.71. The highest BCUT2D eigenvalue weighted by Crippen LogP contribution is 2.27. The summed E-state index contributed by atoms with van der Waals surface area (Å²) in [5, 5.41) is 0. The largest absolute Gasteiger partial charge is 1.00 e. The Hall–Kier alpha value is -1.46. The van der Waals surface area contributed by atoms with E-state index < -0.39 is 6.09 Å². The van der Waals surface area contributed by atoms with Gasteiger partial charge in [-0.2, -0.15) is 0 Å². The molecule has 0 atom stereocenters. The number of para-hydroxylation sites is 2. The van der Waals surface area contributed by atoms with Crippen molar-refractivity contribution in [2.75, 3.05) is 42.0 Å². The van der Waals surface area contributed by atoms with Gasteiger partial charge in [-0.05, 0) is 12.1 Å². The maximum atomic E-state index is 11.5. The summed E-state index contributed by atoms with van der Waals surface area (Å²) in [7, 11) is 9.34. The van der Waals surface area contributed by atoms with Crippen molar-refractivity contribution in [2.24, 2.45) is 0 Å². The zero-order valence-corrected chi connectivity index (χ0v) is 12.8. The molecule has 1 aromatic carbocycles. The number of halogens is 1. The van der Waals surface area contributed by atoms with Crippen molar-refractivity contribution in [3.8, 4) is 11.5 Å². The molecule has 0 radical (unpaired) electrons. The lowest BCUT2D eigenvalue weighted by molar-refractivity contribution is -0.886. The fraction of sp³-hybridized carbons (Fsp3) is 0.462. The molecule has 0 aromatic heterocycles. The van der Waals surface area contributed by atoms with E-state index in [-0.39, 0.29) is 12.4 Å². The highest BCUT2D eigenvalue weighted by molar-refractivity contribution is 5.70. The van der Waals surface area contributed by atoms with Gasteiger partial charge in [0.05, 0.1) is 21.1 Å². The minimum atomic E-state index is -0.420. The van der Waals surface area contributed by atoms with Gasteiger partial charge in [0.2, 0.25) is 6.73 Å². The van der Waals surface area contributed by atoms with E-state index in [9.17, 15) is 4.79 Å². The van der Waals surface area contributed by atoms with Gasteiger partial charge in [-0.1, -0.05) is 12.1 Å². The van der Waals surface area contributed by atoms with Crippen LogP contribution in [0.15, 0.2) is 24.3 Å². The molecule has 0 N–H and O–H groups in total. The summed E-state index contributed by atoms with van der Waals surface area (Å²) in [4.78, 5) is 12.9.